The highest BCUT2D eigenvalue weighted by Crippen LogP contribution is 2.20. The lowest BCUT2D eigenvalue weighted by atomic mass is 10.2. The third-order valence-electron chi connectivity index (χ3n) is 2.26. The Bertz CT molecular complexity index is 615. The number of hydrogen-bond donors (Lipinski definition) is 1. The molecule has 0 aliphatic heterocycles. The maximum atomic E-state index is 11.5. The van der Waals surface area contributed by atoms with Crippen molar-refractivity contribution in [1.82, 2.24) is 4.40 Å². The fraction of sp³-hybridized carbons (Fsp3) is 0.0909. The lowest BCUT2D eigenvalue weighted by molar-refractivity contribution is 0.0599. The third-order valence-corrected chi connectivity index (χ3v) is 2.26. The lowest BCUT2D eigenvalue weighted by Gasteiger charge is -2.07. The zero-order chi connectivity index (χ0) is 11.7. The van der Waals surface area contributed by atoms with Gasteiger partial charge in [0.25, 0.3) is 5.56 Å². The van der Waals surface area contributed by atoms with Gasteiger partial charge >= 0.3 is 5.97 Å². The molecular weight excluding hydrogens is 210 g/mol. The minimum absolute atomic E-state index is 0.0114. The van der Waals surface area contributed by atoms with Gasteiger partial charge in [-0.2, -0.15) is 0 Å². The maximum absolute atomic E-state index is 11.5. The fourth-order valence-corrected chi connectivity index (χ4v) is 1.54. The molecular formula is C11H9NO4. The molecule has 0 saturated carbocycles. The summed E-state index contributed by atoms with van der Waals surface area (Å²) in [5.74, 6) is -1.05. The highest BCUT2D eigenvalue weighted by Gasteiger charge is 2.17. The summed E-state index contributed by atoms with van der Waals surface area (Å²) in [5, 5.41) is 9.58. The minimum atomic E-state index is -0.679. The molecule has 0 atom stereocenters. The van der Waals surface area contributed by atoms with Crippen molar-refractivity contribution < 1.29 is 14.6 Å². The Hall–Kier alpha value is -2.30. The van der Waals surface area contributed by atoms with Crippen molar-refractivity contribution in [2.24, 2.45) is 0 Å². The van der Waals surface area contributed by atoms with E-state index in [0.717, 1.165) is 6.07 Å². The van der Waals surface area contributed by atoms with Crippen molar-refractivity contribution in [3.8, 4) is 5.75 Å². The normalized spacial score (nSPS) is 10.3. The van der Waals surface area contributed by atoms with Gasteiger partial charge in [0, 0.05) is 12.3 Å². The predicted octanol–water partition coefficient (Wildman–Crippen LogP) is 0.792. The molecule has 0 radical (unpaired) electrons. The average Bonchev–Trinajstić information content (AvgIpc) is 2.28. The first kappa shape index (κ1) is 10.2. The van der Waals surface area contributed by atoms with E-state index < -0.39 is 11.5 Å². The topological polar surface area (TPSA) is 68.0 Å². The summed E-state index contributed by atoms with van der Waals surface area (Å²) in [5.41, 5.74) is -0.0946. The molecule has 0 aliphatic rings. The Morgan fingerprint density at radius 3 is 2.88 bits per heavy atom. The highest BCUT2D eigenvalue weighted by molar-refractivity contribution is 5.99. The molecule has 0 saturated heterocycles. The second-order valence-corrected chi connectivity index (χ2v) is 3.19. The van der Waals surface area contributed by atoms with Gasteiger partial charge < -0.3 is 9.84 Å². The number of methoxy groups -OCH3 is 1. The number of carbonyl (C=O) groups excluding carboxylic acids is 1. The van der Waals surface area contributed by atoms with Crippen LogP contribution in [-0.2, 0) is 4.74 Å². The largest absolute Gasteiger partial charge is 0.507 e. The second-order valence-electron chi connectivity index (χ2n) is 3.19. The Balaban J connectivity index is 2.92. The lowest BCUT2D eigenvalue weighted by Crippen LogP contribution is -2.16. The number of esters is 1. The number of aromatic hydroxyl groups is 1. The molecule has 0 amide bonds. The molecule has 5 heteroatoms. The molecule has 16 heavy (non-hydrogen) atoms. The van der Waals surface area contributed by atoms with Crippen LogP contribution in [0.2, 0.25) is 0 Å². The summed E-state index contributed by atoms with van der Waals surface area (Å²) < 4.78 is 5.82. The van der Waals surface area contributed by atoms with E-state index >= 15 is 0 Å². The van der Waals surface area contributed by atoms with Gasteiger partial charge in [0.2, 0.25) is 0 Å². The number of pyridine rings is 2. The van der Waals surface area contributed by atoms with Gasteiger partial charge in [0.05, 0.1) is 12.6 Å². The number of nitrogens with zero attached hydrogens (tertiary/aromatic N) is 1. The molecule has 2 aromatic heterocycles. The van der Waals surface area contributed by atoms with Crippen LogP contribution in [0.5, 0.6) is 5.75 Å². The van der Waals surface area contributed by atoms with E-state index in [4.69, 9.17) is 0 Å². The summed E-state index contributed by atoms with van der Waals surface area (Å²) in [7, 11) is 1.21. The average molecular weight is 219 g/mol. The van der Waals surface area contributed by atoms with Gasteiger partial charge in [-0.3, -0.25) is 9.20 Å². The maximum Gasteiger partial charge on any atom is 0.343 e. The van der Waals surface area contributed by atoms with E-state index in [2.05, 4.69) is 4.74 Å². The Kier molecular flexibility index (Phi) is 2.36. The van der Waals surface area contributed by atoms with Crippen molar-refractivity contribution in [2.75, 3.05) is 7.11 Å². The molecule has 0 bridgehead atoms. The van der Waals surface area contributed by atoms with Gasteiger partial charge in [-0.1, -0.05) is 6.07 Å². The molecule has 0 unspecified atom stereocenters. The molecule has 82 valence electrons. The van der Waals surface area contributed by atoms with Crippen LogP contribution < -0.4 is 5.56 Å². The summed E-state index contributed by atoms with van der Waals surface area (Å²) >= 11 is 0. The monoisotopic (exact) mass is 219 g/mol. The molecule has 2 rings (SSSR count). The zero-order valence-electron chi connectivity index (χ0n) is 8.51. The molecule has 0 aliphatic carbocycles. The van der Waals surface area contributed by atoms with Gasteiger partial charge in [-0.25, -0.2) is 4.79 Å². The van der Waals surface area contributed by atoms with Crippen LogP contribution in [-0.4, -0.2) is 22.6 Å². The summed E-state index contributed by atoms with van der Waals surface area (Å²) in [4.78, 5) is 23.0. The standard InChI is InChI=1S/C11H9NO4/c1-16-11(15)10-7-4-2-3-5-12(7)9(14)6-8(10)13/h2-6,13H,1H3. The summed E-state index contributed by atoms with van der Waals surface area (Å²) in [6, 6.07) is 5.87. The van der Waals surface area contributed by atoms with E-state index in [1.807, 2.05) is 0 Å². The number of ether oxygens (including phenoxy) is 1. The van der Waals surface area contributed by atoms with E-state index in [-0.39, 0.29) is 11.3 Å². The number of aromatic nitrogens is 1. The van der Waals surface area contributed by atoms with Crippen LogP contribution in [0.15, 0.2) is 35.3 Å². The highest BCUT2D eigenvalue weighted by atomic mass is 16.5. The number of fused-ring (bicyclic) bond motifs is 1. The predicted molar refractivity (Wildman–Crippen MR) is 56.7 cm³/mol. The van der Waals surface area contributed by atoms with Gasteiger partial charge in [-0.15, -0.1) is 0 Å². The van der Waals surface area contributed by atoms with Crippen LogP contribution in [0.1, 0.15) is 10.4 Å². The molecule has 0 aromatic carbocycles. The Morgan fingerprint density at radius 1 is 1.44 bits per heavy atom. The molecule has 2 aromatic rings. The summed E-state index contributed by atoms with van der Waals surface area (Å²) in [6.45, 7) is 0. The van der Waals surface area contributed by atoms with Crippen LogP contribution in [0, 0.1) is 0 Å². The number of hydrogen-bond acceptors (Lipinski definition) is 4. The first-order valence-electron chi connectivity index (χ1n) is 4.57. The van der Waals surface area contributed by atoms with Crippen molar-refractivity contribution in [1.29, 1.82) is 0 Å². The Morgan fingerprint density at radius 2 is 2.19 bits per heavy atom. The van der Waals surface area contributed by atoms with Gasteiger partial charge in [0.1, 0.15) is 11.3 Å². The van der Waals surface area contributed by atoms with Gasteiger partial charge in [0.15, 0.2) is 0 Å². The number of carbonyl (C=O) groups is 1. The van der Waals surface area contributed by atoms with Crippen molar-refractivity contribution >= 4 is 11.5 Å². The summed E-state index contributed by atoms with van der Waals surface area (Å²) in [6.07, 6.45) is 1.52. The molecule has 5 nitrogen and oxygen atoms in total. The third kappa shape index (κ3) is 1.42. The minimum Gasteiger partial charge on any atom is -0.507 e. The SMILES string of the molecule is COC(=O)c1c(O)cc(=O)n2ccccc12. The van der Waals surface area contributed by atoms with Crippen LogP contribution in [0.3, 0.4) is 0 Å². The van der Waals surface area contributed by atoms with E-state index in [9.17, 15) is 14.7 Å². The van der Waals surface area contributed by atoms with Crippen LogP contribution in [0.25, 0.3) is 5.52 Å². The van der Waals surface area contributed by atoms with Crippen LogP contribution in [0.4, 0.5) is 0 Å². The first-order chi connectivity index (χ1) is 7.65. The van der Waals surface area contributed by atoms with Crippen molar-refractivity contribution in [2.45, 2.75) is 0 Å². The molecule has 0 spiro atoms. The Labute approximate surface area is 90.5 Å². The van der Waals surface area contributed by atoms with Crippen molar-refractivity contribution in [3.63, 3.8) is 0 Å². The van der Waals surface area contributed by atoms with E-state index in [1.165, 1.54) is 17.7 Å². The first-order valence-corrected chi connectivity index (χ1v) is 4.57. The molecule has 2 heterocycles. The van der Waals surface area contributed by atoms with E-state index in [1.54, 1.807) is 18.2 Å². The smallest absolute Gasteiger partial charge is 0.343 e. The fourth-order valence-electron chi connectivity index (χ4n) is 1.54. The molecule has 1 N–H and O–H groups in total. The number of rotatable bonds is 1. The quantitative estimate of drug-likeness (QED) is 0.720. The second kappa shape index (κ2) is 3.69. The van der Waals surface area contributed by atoms with Crippen LogP contribution >= 0.6 is 0 Å². The van der Waals surface area contributed by atoms with Crippen molar-refractivity contribution in [3.05, 3.63) is 46.4 Å². The van der Waals surface area contributed by atoms with E-state index in [0.29, 0.717) is 5.52 Å². The molecule has 0 fully saturated rings. The zero-order valence-corrected chi connectivity index (χ0v) is 8.51. The van der Waals surface area contributed by atoms with Gasteiger partial charge in [-0.05, 0) is 12.1 Å².